The van der Waals surface area contributed by atoms with Gasteiger partial charge in [-0.05, 0) is 0 Å². The quantitative estimate of drug-likeness (QED) is 0.242. The summed E-state index contributed by atoms with van der Waals surface area (Å²) in [5.41, 5.74) is 0. The summed E-state index contributed by atoms with van der Waals surface area (Å²) in [5.74, 6) is 0. The summed E-state index contributed by atoms with van der Waals surface area (Å²) in [6, 6.07) is 0. The van der Waals surface area contributed by atoms with Gasteiger partial charge in [-0.1, -0.05) is 0 Å². The highest BCUT2D eigenvalue weighted by Gasteiger charge is 1.85. The van der Waals surface area contributed by atoms with Crippen molar-refractivity contribution in [1.29, 1.82) is 0 Å². The third kappa shape index (κ3) is 7.55. The van der Waals surface area contributed by atoms with E-state index in [-0.39, 0.29) is 6.61 Å². The van der Waals surface area contributed by atoms with Crippen LogP contribution in [0.2, 0.25) is 0 Å². The maximum Gasteiger partial charge on any atom is 0.122 e. The molecule has 0 aliphatic rings. The van der Waals surface area contributed by atoms with E-state index in [1.807, 2.05) is 0 Å². The molecule has 0 aromatic carbocycles. The predicted octanol–water partition coefficient (Wildman–Crippen LogP) is 0.0816. The Morgan fingerprint density at radius 1 is 1.33 bits per heavy atom. The maximum absolute atomic E-state index is 9.68. The van der Waals surface area contributed by atoms with Gasteiger partial charge in [0.05, 0.1) is 13.2 Å². The molecule has 0 unspecified atom stereocenters. The molecule has 0 fully saturated rings. The van der Waals surface area contributed by atoms with Crippen LogP contribution in [0.3, 0.4) is 0 Å². The maximum atomic E-state index is 9.68. The topological polar surface area (TPSA) is 55.8 Å². The molecule has 0 aromatic heterocycles. The lowest BCUT2D eigenvalue weighted by Gasteiger charge is -1.96. The van der Waals surface area contributed by atoms with E-state index in [4.69, 9.17) is 9.99 Å². The molecule has 0 spiro atoms. The van der Waals surface area contributed by atoms with Crippen LogP contribution in [-0.2, 0) is 14.4 Å². The number of hydrogen-bond donors (Lipinski definition) is 1. The fraction of sp³-hybridized carbons (Fsp3) is 0.800. The second-order valence-electron chi connectivity index (χ2n) is 1.40. The van der Waals surface area contributed by atoms with Crippen molar-refractivity contribution in [3.05, 3.63) is 0 Å². The number of ether oxygens (including phenoxy) is 1. The van der Waals surface area contributed by atoms with E-state index in [9.17, 15) is 4.79 Å². The summed E-state index contributed by atoms with van der Waals surface area (Å²) in [6.45, 7) is 0.871. The SMILES string of the molecule is O=CCCOCCOO. The van der Waals surface area contributed by atoms with E-state index >= 15 is 0 Å². The molecule has 0 atom stereocenters. The van der Waals surface area contributed by atoms with Crippen LogP contribution in [0.15, 0.2) is 0 Å². The molecule has 0 aromatic rings. The number of aldehydes is 1. The molecule has 0 radical (unpaired) electrons. The lowest BCUT2D eigenvalue weighted by atomic mass is 10.5. The molecule has 0 rings (SSSR count). The Morgan fingerprint density at radius 2 is 2.11 bits per heavy atom. The van der Waals surface area contributed by atoms with Gasteiger partial charge in [0, 0.05) is 6.42 Å². The van der Waals surface area contributed by atoms with Crippen LogP contribution in [0.4, 0.5) is 0 Å². The van der Waals surface area contributed by atoms with Gasteiger partial charge in [0.1, 0.15) is 12.9 Å². The van der Waals surface area contributed by atoms with Gasteiger partial charge in [-0.25, -0.2) is 4.89 Å². The van der Waals surface area contributed by atoms with Crippen molar-refractivity contribution in [2.45, 2.75) is 6.42 Å². The third-order valence-electron chi connectivity index (χ3n) is 0.699. The minimum atomic E-state index is 0.152. The third-order valence-corrected chi connectivity index (χ3v) is 0.699. The molecule has 0 aliphatic carbocycles. The number of rotatable bonds is 6. The molecule has 0 bridgehead atoms. The molecule has 0 amide bonds. The summed E-state index contributed by atoms with van der Waals surface area (Å²) in [6.07, 6.45) is 1.17. The zero-order chi connectivity index (χ0) is 6.95. The van der Waals surface area contributed by atoms with Crippen LogP contribution in [0.1, 0.15) is 6.42 Å². The summed E-state index contributed by atoms with van der Waals surface area (Å²) in [5, 5.41) is 7.77. The summed E-state index contributed by atoms with van der Waals surface area (Å²) < 4.78 is 4.80. The fourth-order valence-electron chi connectivity index (χ4n) is 0.330. The first kappa shape index (κ1) is 8.55. The predicted molar refractivity (Wildman–Crippen MR) is 30.1 cm³/mol. The van der Waals surface area contributed by atoms with Crippen molar-refractivity contribution in [2.75, 3.05) is 19.8 Å². The van der Waals surface area contributed by atoms with Crippen molar-refractivity contribution >= 4 is 6.29 Å². The highest BCUT2D eigenvalue weighted by Crippen LogP contribution is 1.77. The van der Waals surface area contributed by atoms with Gasteiger partial charge >= 0.3 is 0 Å². The number of hydrogen-bond acceptors (Lipinski definition) is 4. The highest BCUT2D eigenvalue weighted by molar-refractivity contribution is 5.49. The monoisotopic (exact) mass is 134 g/mol. The second kappa shape index (κ2) is 7.55. The Bertz CT molecular complexity index is 64.0. The smallest absolute Gasteiger partial charge is 0.122 e. The fourth-order valence-corrected chi connectivity index (χ4v) is 0.330. The standard InChI is InChI=1S/C5H10O4/c6-2-1-3-8-4-5-9-7/h2,7H,1,3-5H2. The second-order valence-corrected chi connectivity index (χ2v) is 1.40. The molecule has 9 heavy (non-hydrogen) atoms. The molecule has 0 saturated carbocycles. The molecule has 0 heterocycles. The minimum Gasteiger partial charge on any atom is -0.378 e. The first-order valence-corrected chi connectivity index (χ1v) is 2.69. The van der Waals surface area contributed by atoms with E-state index < -0.39 is 0 Å². The van der Waals surface area contributed by atoms with Gasteiger partial charge in [0.2, 0.25) is 0 Å². The van der Waals surface area contributed by atoms with E-state index in [0.717, 1.165) is 6.29 Å². The zero-order valence-electron chi connectivity index (χ0n) is 5.08. The van der Waals surface area contributed by atoms with Crippen molar-refractivity contribution in [2.24, 2.45) is 0 Å². The number of carbonyl (C=O) groups is 1. The Hall–Kier alpha value is -0.450. The molecule has 0 aliphatic heterocycles. The molecule has 54 valence electrons. The molecule has 0 saturated heterocycles. The molecule has 1 N–H and O–H groups in total. The average molecular weight is 134 g/mol. The molecule has 4 nitrogen and oxygen atoms in total. The largest absolute Gasteiger partial charge is 0.378 e. The van der Waals surface area contributed by atoms with E-state index in [0.29, 0.717) is 19.6 Å². The Morgan fingerprint density at radius 3 is 2.67 bits per heavy atom. The van der Waals surface area contributed by atoms with Crippen molar-refractivity contribution in [3.8, 4) is 0 Å². The zero-order valence-corrected chi connectivity index (χ0v) is 5.08. The van der Waals surface area contributed by atoms with Crippen LogP contribution < -0.4 is 0 Å². The summed E-state index contributed by atoms with van der Waals surface area (Å²) in [4.78, 5) is 13.4. The summed E-state index contributed by atoms with van der Waals surface area (Å²) in [7, 11) is 0. The van der Waals surface area contributed by atoms with Gasteiger partial charge < -0.3 is 9.53 Å². The first-order valence-electron chi connectivity index (χ1n) is 2.69. The van der Waals surface area contributed by atoms with Gasteiger partial charge in [0.15, 0.2) is 0 Å². The minimum absolute atomic E-state index is 0.152. The van der Waals surface area contributed by atoms with E-state index in [2.05, 4.69) is 4.89 Å². The van der Waals surface area contributed by atoms with Crippen LogP contribution in [0.25, 0.3) is 0 Å². The first-order chi connectivity index (χ1) is 4.41. The molecular formula is C5H10O4. The van der Waals surface area contributed by atoms with Crippen LogP contribution in [0.5, 0.6) is 0 Å². The normalized spacial score (nSPS) is 9.44. The summed E-state index contributed by atoms with van der Waals surface area (Å²) >= 11 is 0. The Balaban J connectivity index is 2.66. The van der Waals surface area contributed by atoms with Gasteiger partial charge in [-0.2, -0.15) is 0 Å². The van der Waals surface area contributed by atoms with Gasteiger partial charge in [-0.15, -0.1) is 0 Å². The van der Waals surface area contributed by atoms with Gasteiger partial charge in [-0.3, -0.25) is 5.26 Å². The van der Waals surface area contributed by atoms with Crippen molar-refractivity contribution < 1.29 is 19.7 Å². The number of carbonyl (C=O) groups excluding carboxylic acids is 1. The van der Waals surface area contributed by atoms with Crippen molar-refractivity contribution in [1.82, 2.24) is 0 Å². The highest BCUT2D eigenvalue weighted by atomic mass is 17.1. The van der Waals surface area contributed by atoms with Gasteiger partial charge in [0.25, 0.3) is 0 Å². The van der Waals surface area contributed by atoms with Crippen LogP contribution in [-0.4, -0.2) is 31.4 Å². The van der Waals surface area contributed by atoms with E-state index in [1.165, 1.54) is 0 Å². The van der Waals surface area contributed by atoms with E-state index in [1.54, 1.807) is 0 Å². The molecular weight excluding hydrogens is 124 g/mol. The Labute approximate surface area is 53.3 Å². The average Bonchev–Trinajstić information content (AvgIpc) is 1.89. The Kier molecular flexibility index (Phi) is 7.17. The van der Waals surface area contributed by atoms with Crippen LogP contribution in [0, 0.1) is 0 Å². The lowest BCUT2D eigenvalue weighted by Crippen LogP contribution is -2.03. The van der Waals surface area contributed by atoms with Crippen LogP contribution >= 0.6 is 0 Å². The molecule has 4 heteroatoms. The van der Waals surface area contributed by atoms with Crippen molar-refractivity contribution in [3.63, 3.8) is 0 Å². The lowest BCUT2D eigenvalue weighted by molar-refractivity contribution is -0.249.